The van der Waals surface area contributed by atoms with Gasteiger partial charge in [-0.3, -0.25) is 14.4 Å². The van der Waals surface area contributed by atoms with E-state index in [2.05, 4.69) is 5.32 Å². The molecule has 1 N–H and O–H groups in total. The van der Waals surface area contributed by atoms with E-state index in [9.17, 15) is 14.4 Å². The van der Waals surface area contributed by atoms with E-state index in [1.165, 1.54) is 13.8 Å². The molecule has 0 aromatic heterocycles. The van der Waals surface area contributed by atoms with Crippen LogP contribution in [0.4, 0.5) is 11.4 Å². The molecule has 0 bridgehead atoms. The smallest absolute Gasteiger partial charge is 0.224 e. The number of hydrogen-bond acceptors (Lipinski definition) is 3. The SMILES string of the molecule is CC(=O)Nc1cccc(N(CCC(=O)N2CCCC2)C(C)=O)c1. The Kier molecular flexibility index (Phi) is 5.73. The fourth-order valence-corrected chi connectivity index (χ4v) is 2.76. The predicted octanol–water partition coefficient (Wildman–Crippen LogP) is 2.01. The Balaban J connectivity index is 2.04. The first-order chi connectivity index (χ1) is 11.0. The Morgan fingerprint density at radius 3 is 2.48 bits per heavy atom. The van der Waals surface area contributed by atoms with Crippen LogP contribution >= 0.6 is 0 Å². The fraction of sp³-hybridized carbons (Fsp3) is 0.471. The van der Waals surface area contributed by atoms with Gasteiger partial charge in [-0.15, -0.1) is 0 Å². The highest BCUT2D eigenvalue weighted by atomic mass is 16.2. The topological polar surface area (TPSA) is 69.7 Å². The third-order valence-electron chi connectivity index (χ3n) is 3.87. The molecule has 1 saturated heterocycles. The average molecular weight is 317 g/mol. The summed E-state index contributed by atoms with van der Waals surface area (Å²) in [7, 11) is 0. The number of nitrogens with zero attached hydrogens (tertiary/aromatic N) is 2. The number of amides is 3. The Morgan fingerprint density at radius 2 is 1.87 bits per heavy atom. The van der Waals surface area contributed by atoms with Crippen LogP contribution < -0.4 is 10.2 Å². The van der Waals surface area contributed by atoms with Crippen LogP contribution in [0.2, 0.25) is 0 Å². The zero-order valence-corrected chi connectivity index (χ0v) is 13.7. The maximum atomic E-state index is 12.1. The second-order valence-electron chi connectivity index (χ2n) is 5.74. The number of carbonyl (C=O) groups excluding carboxylic acids is 3. The van der Waals surface area contributed by atoms with Crippen LogP contribution in [0.15, 0.2) is 24.3 Å². The van der Waals surface area contributed by atoms with Crippen LogP contribution in [0.1, 0.15) is 33.1 Å². The lowest BCUT2D eigenvalue weighted by atomic mass is 10.2. The van der Waals surface area contributed by atoms with Gasteiger partial charge in [-0.1, -0.05) is 6.07 Å². The summed E-state index contributed by atoms with van der Waals surface area (Å²) in [6.07, 6.45) is 2.42. The lowest BCUT2D eigenvalue weighted by Gasteiger charge is -2.23. The fourth-order valence-electron chi connectivity index (χ4n) is 2.76. The molecule has 124 valence electrons. The number of hydrogen-bond donors (Lipinski definition) is 1. The van der Waals surface area contributed by atoms with Crippen LogP contribution in [-0.4, -0.2) is 42.3 Å². The van der Waals surface area contributed by atoms with Crippen LogP contribution in [-0.2, 0) is 14.4 Å². The Morgan fingerprint density at radius 1 is 1.17 bits per heavy atom. The minimum Gasteiger partial charge on any atom is -0.343 e. The monoisotopic (exact) mass is 317 g/mol. The van der Waals surface area contributed by atoms with Crippen molar-refractivity contribution in [2.75, 3.05) is 29.9 Å². The van der Waals surface area contributed by atoms with Gasteiger partial charge in [0.05, 0.1) is 0 Å². The van der Waals surface area contributed by atoms with Crippen molar-refractivity contribution in [3.05, 3.63) is 24.3 Å². The van der Waals surface area contributed by atoms with E-state index in [-0.39, 0.29) is 17.7 Å². The Hall–Kier alpha value is -2.37. The van der Waals surface area contributed by atoms with Crippen molar-refractivity contribution in [3.63, 3.8) is 0 Å². The van der Waals surface area contributed by atoms with Crippen LogP contribution in [0.5, 0.6) is 0 Å². The molecule has 0 radical (unpaired) electrons. The third kappa shape index (κ3) is 4.81. The number of likely N-dealkylation sites (tertiary alicyclic amines) is 1. The summed E-state index contributed by atoms with van der Waals surface area (Å²) in [4.78, 5) is 38.6. The van der Waals surface area contributed by atoms with E-state index >= 15 is 0 Å². The molecule has 1 aromatic rings. The minimum atomic E-state index is -0.166. The molecule has 6 nitrogen and oxygen atoms in total. The molecular weight excluding hydrogens is 294 g/mol. The highest BCUT2D eigenvalue weighted by Gasteiger charge is 2.20. The van der Waals surface area contributed by atoms with Crippen molar-refractivity contribution in [1.82, 2.24) is 4.90 Å². The lowest BCUT2D eigenvalue weighted by Crippen LogP contribution is -2.35. The van der Waals surface area contributed by atoms with Gasteiger partial charge in [0.1, 0.15) is 0 Å². The maximum absolute atomic E-state index is 12.1. The number of anilines is 2. The van der Waals surface area contributed by atoms with E-state index in [1.54, 1.807) is 29.2 Å². The summed E-state index contributed by atoms with van der Waals surface area (Å²) in [6, 6.07) is 7.08. The number of rotatable bonds is 5. The van der Waals surface area contributed by atoms with E-state index < -0.39 is 0 Å². The molecule has 1 aliphatic heterocycles. The summed E-state index contributed by atoms with van der Waals surface area (Å²) in [5.74, 6) is -0.202. The van der Waals surface area contributed by atoms with Gasteiger partial charge >= 0.3 is 0 Å². The maximum Gasteiger partial charge on any atom is 0.224 e. The molecule has 1 aromatic carbocycles. The Labute approximate surface area is 136 Å². The lowest BCUT2D eigenvalue weighted by molar-refractivity contribution is -0.130. The molecule has 1 fully saturated rings. The summed E-state index contributed by atoms with van der Waals surface area (Å²) in [5, 5.41) is 2.70. The largest absolute Gasteiger partial charge is 0.343 e. The van der Waals surface area contributed by atoms with E-state index in [1.807, 2.05) is 4.90 Å². The van der Waals surface area contributed by atoms with E-state index in [0.717, 1.165) is 25.9 Å². The first kappa shape index (κ1) is 17.0. The van der Waals surface area contributed by atoms with Crippen molar-refractivity contribution in [3.8, 4) is 0 Å². The number of benzene rings is 1. The highest BCUT2D eigenvalue weighted by Crippen LogP contribution is 2.20. The van der Waals surface area contributed by atoms with E-state index in [4.69, 9.17) is 0 Å². The van der Waals surface area contributed by atoms with E-state index in [0.29, 0.717) is 24.3 Å². The molecule has 3 amide bonds. The zero-order chi connectivity index (χ0) is 16.8. The zero-order valence-electron chi connectivity index (χ0n) is 13.7. The van der Waals surface area contributed by atoms with Crippen molar-refractivity contribution >= 4 is 29.1 Å². The summed E-state index contributed by atoms with van der Waals surface area (Å²) >= 11 is 0. The summed E-state index contributed by atoms with van der Waals surface area (Å²) in [5.41, 5.74) is 1.31. The van der Waals surface area contributed by atoms with Crippen LogP contribution in [0.25, 0.3) is 0 Å². The molecule has 2 rings (SSSR count). The summed E-state index contributed by atoms with van der Waals surface area (Å²) < 4.78 is 0. The van der Waals surface area contributed by atoms with Gasteiger partial charge in [0.25, 0.3) is 0 Å². The van der Waals surface area contributed by atoms with Crippen molar-refractivity contribution < 1.29 is 14.4 Å². The minimum absolute atomic E-state index is 0.0896. The predicted molar refractivity (Wildman–Crippen MR) is 89.2 cm³/mol. The average Bonchev–Trinajstić information content (AvgIpc) is 3.01. The van der Waals surface area contributed by atoms with Gasteiger partial charge < -0.3 is 15.1 Å². The van der Waals surface area contributed by atoms with Crippen molar-refractivity contribution in [1.29, 1.82) is 0 Å². The standard InChI is InChI=1S/C17H23N3O3/c1-13(21)18-15-6-5-7-16(12-15)20(14(2)22)11-8-17(23)19-9-3-4-10-19/h5-7,12H,3-4,8-11H2,1-2H3,(H,18,21). The molecule has 1 heterocycles. The van der Waals surface area contributed by atoms with Gasteiger partial charge in [-0.25, -0.2) is 0 Å². The quantitative estimate of drug-likeness (QED) is 0.903. The molecule has 0 spiro atoms. The van der Waals surface area contributed by atoms with Gasteiger partial charge in [0, 0.05) is 51.3 Å². The molecule has 23 heavy (non-hydrogen) atoms. The van der Waals surface area contributed by atoms with Gasteiger partial charge in [0.2, 0.25) is 17.7 Å². The second-order valence-corrected chi connectivity index (χ2v) is 5.74. The molecule has 0 saturated carbocycles. The first-order valence-corrected chi connectivity index (χ1v) is 7.91. The molecule has 1 aliphatic rings. The summed E-state index contributed by atoms with van der Waals surface area (Å²) in [6.45, 7) is 4.89. The van der Waals surface area contributed by atoms with Crippen LogP contribution in [0, 0.1) is 0 Å². The normalized spacial score (nSPS) is 13.7. The third-order valence-corrected chi connectivity index (χ3v) is 3.87. The molecule has 0 unspecified atom stereocenters. The van der Waals surface area contributed by atoms with Gasteiger partial charge in [-0.2, -0.15) is 0 Å². The Bertz CT molecular complexity index is 595. The van der Waals surface area contributed by atoms with Crippen LogP contribution in [0.3, 0.4) is 0 Å². The molecule has 6 heteroatoms. The number of carbonyl (C=O) groups is 3. The van der Waals surface area contributed by atoms with Gasteiger partial charge in [0.15, 0.2) is 0 Å². The molecule has 0 aliphatic carbocycles. The van der Waals surface area contributed by atoms with Crippen molar-refractivity contribution in [2.45, 2.75) is 33.1 Å². The van der Waals surface area contributed by atoms with Crippen molar-refractivity contribution in [2.24, 2.45) is 0 Å². The van der Waals surface area contributed by atoms with Gasteiger partial charge in [-0.05, 0) is 31.0 Å². The molecule has 0 atom stereocenters. The highest BCUT2D eigenvalue weighted by molar-refractivity contribution is 5.94. The number of nitrogens with one attached hydrogen (secondary N) is 1. The second kappa shape index (κ2) is 7.76. The first-order valence-electron chi connectivity index (χ1n) is 7.91. The molecular formula is C17H23N3O3.